The summed E-state index contributed by atoms with van der Waals surface area (Å²) >= 11 is 0. The molecule has 0 saturated heterocycles. The molecule has 5 N–H and O–H groups in total. The summed E-state index contributed by atoms with van der Waals surface area (Å²) in [4.78, 5) is 4.44. The molecule has 2 aromatic rings. The number of unbranched alkanes of at least 4 members (excludes halogenated alkanes) is 2. The highest BCUT2D eigenvalue weighted by Gasteiger charge is 2.21. The molecule has 1 aliphatic rings. The predicted octanol–water partition coefficient (Wildman–Crippen LogP) is 2.61. The Labute approximate surface area is 145 Å². The first-order valence-corrected chi connectivity index (χ1v) is 8.09. The molecular weight excluding hydrogens is 314 g/mol. The van der Waals surface area contributed by atoms with Gasteiger partial charge in [0.25, 0.3) is 0 Å². The maximum Gasteiger partial charge on any atom is 0.135 e. The lowest BCUT2D eigenvalue weighted by molar-refractivity contribution is 0.707. The number of hydrogen-bond donors (Lipinski definition) is 4. The third kappa shape index (κ3) is 3.58. The molecule has 0 bridgehead atoms. The molecule has 2 heterocycles. The van der Waals surface area contributed by atoms with Crippen molar-refractivity contribution in [2.45, 2.75) is 19.3 Å². The second kappa shape index (κ2) is 7.45. The van der Waals surface area contributed by atoms with Crippen LogP contribution in [0.4, 0.5) is 5.69 Å². The highest BCUT2D eigenvalue weighted by Crippen LogP contribution is 2.31. The van der Waals surface area contributed by atoms with Gasteiger partial charge in [-0.3, -0.25) is 10.5 Å². The van der Waals surface area contributed by atoms with Gasteiger partial charge in [0.2, 0.25) is 0 Å². The number of amidine groups is 1. The van der Waals surface area contributed by atoms with Crippen molar-refractivity contribution in [2.24, 2.45) is 10.7 Å². The molecule has 3 rings (SSSR count). The number of fused-ring (bicyclic) bond motifs is 1. The molecule has 0 unspecified atom stereocenters. The van der Waals surface area contributed by atoms with E-state index >= 15 is 0 Å². The Hall–Kier alpha value is -3.40. The largest absolute Gasteiger partial charge is 0.390 e. The number of H-pyrrole nitrogens is 1. The van der Waals surface area contributed by atoms with E-state index in [-0.39, 0.29) is 0 Å². The monoisotopic (exact) mass is 333 g/mol. The van der Waals surface area contributed by atoms with Gasteiger partial charge < -0.3 is 11.1 Å². The summed E-state index contributed by atoms with van der Waals surface area (Å²) in [6.07, 6.45) is 5.80. The molecule has 0 atom stereocenters. The lowest BCUT2D eigenvalue weighted by atomic mass is 9.95. The second-order valence-electron chi connectivity index (χ2n) is 5.69. The van der Waals surface area contributed by atoms with Crippen LogP contribution in [-0.4, -0.2) is 28.3 Å². The third-order valence-corrected chi connectivity index (χ3v) is 3.96. The standard InChI is InChI=1S/C18H19N7/c19-7-2-1-3-8-22-11-14-17(20)13-5-4-12(15-6-9-23-25-15)10-16(13)24-18(14)21/h4-6,9-11,20,22H,1-3,8H2,(H2,21,24)(H,23,25)/b14-11+,20-17?. The summed E-state index contributed by atoms with van der Waals surface area (Å²) < 4.78 is 0. The maximum atomic E-state index is 8.52. The fraction of sp³-hybridized carbons (Fsp3) is 0.222. The molecular formula is C18H19N7. The zero-order valence-corrected chi connectivity index (χ0v) is 13.7. The van der Waals surface area contributed by atoms with E-state index in [4.69, 9.17) is 16.4 Å². The van der Waals surface area contributed by atoms with Crippen molar-refractivity contribution < 1.29 is 0 Å². The zero-order chi connectivity index (χ0) is 17.6. The van der Waals surface area contributed by atoms with Crippen LogP contribution in [0.25, 0.3) is 11.3 Å². The van der Waals surface area contributed by atoms with E-state index < -0.39 is 0 Å². The Morgan fingerprint density at radius 3 is 2.96 bits per heavy atom. The number of nitrogens with one attached hydrogen (secondary N) is 3. The van der Waals surface area contributed by atoms with Crippen molar-refractivity contribution in [2.75, 3.05) is 6.54 Å². The van der Waals surface area contributed by atoms with Gasteiger partial charge in [0.1, 0.15) is 5.84 Å². The number of nitrogens with zero attached hydrogens (tertiary/aromatic N) is 3. The molecule has 1 aliphatic heterocycles. The lowest BCUT2D eigenvalue weighted by Crippen LogP contribution is -2.27. The van der Waals surface area contributed by atoms with Gasteiger partial charge in [-0.2, -0.15) is 10.4 Å². The first-order valence-electron chi connectivity index (χ1n) is 8.09. The van der Waals surface area contributed by atoms with Crippen molar-refractivity contribution in [3.63, 3.8) is 0 Å². The summed E-state index contributed by atoms with van der Waals surface area (Å²) in [5.41, 5.74) is 10.1. The number of nitriles is 1. The smallest absolute Gasteiger partial charge is 0.135 e. The molecule has 0 saturated carbocycles. The fourth-order valence-electron chi connectivity index (χ4n) is 2.63. The molecule has 7 nitrogen and oxygen atoms in total. The van der Waals surface area contributed by atoms with Crippen LogP contribution in [0.15, 0.2) is 47.2 Å². The van der Waals surface area contributed by atoms with Gasteiger partial charge in [-0.15, -0.1) is 0 Å². The van der Waals surface area contributed by atoms with Crippen molar-refractivity contribution in [3.8, 4) is 17.3 Å². The Morgan fingerprint density at radius 2 is 2.20 bits per heavy atom. The number of aromatic amines is 1. The minimum atomic E-state index is 0.321. The van der Waals surface area contributed by atoms with Crippen LogP contribution in [0.3, 0.4) is 0 Å². The Morgan fingerprint density at radius 1 is 1.32 bits per heavy atom. The van der Waals surface area contributed by atoms with Gasteiger partial charge in [0.15, 0.2) is 0 Å². The quantitative estimate of drug-likeness (QED) is 0.606. The Bertz CT molecular complexity index is 869. The molecule has 0 amide bonds. The first kappa shape index (κ1) is 16.5. The van der Waals surface area contributed by atoms with Crippen molar-refractivity contribution in [1.82, 2.24) is 15.5 Å². The van der Waals surface area contributed by atoms with Crippen LogP contribution in [-0.2, 0) is 0 Å². The molecule has 1 aromatic carbocycles. The number of benzene rings is 1. The third-order valence-electron chi connectivity index (χ3n) is 3.96. The van der Waals surface area contributed by atoms with Crippen molar-refractivity contribution in [1.29, 1.82) is 10.7 Å². The van der Waals surface area contributed by atoms with E-state index in [1.165, 1.54) is 0 Å². The molecule has 0 aliphatic carbocycles. The van der Waals surface area contributed by atoms with Gasteiger partial charge in [-0.05, 0) is 31.0 Å². The van der Waals surface area contributed by atoms with Gasteiger partial charge >= 0.3 is 0 Å². The van der Waals surface area contributed by atoms with E-state index in [0.29, 0.717) is 29.2 Å². The summed E-state index contributed by atoms with van der Waals surface area (Å²) in [6, 6.07) is 9.69. The van der Waals surface area contributed by atoms with Crippen LogP contribution < -0.4 is 11.1 Å². The highest BCUT2D eigenvalue weighted by molar-refractivity contribution is 6.32. The topological polar surface area (TPSA) is 127 Å². The SMILES string of the molecule is N#CCCCCN/C=C1\C(=N)c2ccc(-c3cc[nH]n3)cc2N=C1N. The lowest BCUT2D eigenvalue weighted by Gasteiger charge is -2.18. The molecule has 7 heteroatoms. The van der Waals surface area contributed by atoms with E-state index in [2.05, 4.69) is 26.6 Å². The summed E-state index contributed by atoms with van der Waals surface area (Å²) in [7, 11) is 0. The number of rotatable bonds is 6. The Kier molecular flexibility index (Phi) is 4.90. The van der Waals surface area contributed by atoms with Crippen LogP contribution in [0.1, 0.15) is 24.8 Å². The fourth-order valence-corrected chi connectivity index (χ4v) is 2.63. The van der Waals surface area contributed by atoms with Gasteiger partial charge in [0.05, 0.1) is 28.7 Å². The van der Waals surface area contributed by atoms with E-state index in [1.54, 1.807) is 12.4 Å². The average molecular weight is 333 g/mol. The maximum absolute atomic E-state index is 8.52. The van der Waals surface area contributed by atoms with Gasteiger partial charge in [0, 0.05) is 36.5 Å². The number of hydrogen-bond acceptors (Lipinski definition) is 6. The molecule has 0 fully saturated rings. The Balaban J connectivity index is 1.77. The molecule has 126 valence electrons. The molecule has 0 radical (unpaired) electrons. The predicted molar refractivity (Wildman–Crippen MR) is 97.7 cm³/mol. The van der Waals surface area contributed by atoms with E-state index in [0.717, 1.165) is 36.2 Å². The average Bonchev–Trinajstić information content (AvgIpc) is 3.14. The number of aromatic nitrogens is 2. The summed E-state index contributed by atoms with van der Waals surface area (Å²) in [5, 5.41) is 27.0. The van der Waals surface area contributed by atoms with Crippen LogP contribution in [0.2, 0.25) is 0 Å². The van der Waals surface area contributed by atoms with Crippen LogP contribution in [0, 0.1) is 16.7 Å². The summed E-state index contributed by atoms with van der Waals surface area (Å²) in [6.45, 7) is 0.733. The van der Waals surface area contributed by atoms with Gasteiger partial charge in [-0.25, -0.2) is 4.99 Å². The van der Waals surface area contributed by atoms with Crippen LogP contribution >= 0.6 is 0 Å². The van der Waals surface area contributed by atoms with Crippen LogP contribution in [0.5, 0.6) is 0 Å². The summed E-state index contributed by atoms with van der Waals surface area (Å²) in [5.74, 6) is 0.321. The minimum Gasteiger partial charge on any atom is -0.390 e. The van der Waals surface area contributed by atoms with Gasteiger partial charge in [-0.1, -0.05) is 6.07 Å². The minimum absolute atomic E-state index is 0.321. The first-order chi connectivity index (χ1) is 12.2. The van der Waals surface area contributed by atoms with Crippen molar-refractivity contribution >= 4 is 17.2 Å². The second-order valence-corrected chi connectivity index (χ2v) is 5.69. The number of nitrogens with two attached hydrogens (primary N) is 1. The molecule has 0 spiro atoms. The van der Waals surface area contributed by atoms with Crippen molar-refractivity contribution in [3.05, 3.63) is 47.8 Å². The molecule has 25 heavy (non-hydrogen) atoms. The van der Waals surface area contributed by atoms with E-state index in [9.17, 15) is 0 Å². The molecule has 1 aromatic heterocycles. The van der Waals surface area contributed by atoms with E-state index in [1.807, 2.05) is 24.3 Å². The highest BCUT2D eigenvalue weighted by atomic mass is 15.1. The zero-order valence-electron chi connectivity index (χ0n) is 13.7. The normalized spacial score (nSPS) is 14.8. The number of aliphatic imine (C=N–C) groups is 1.